The van der Waals surface area contributed by atoms with Gasteiger partial charge in [0.15, 0.2) is 0 Å². The number of anilines is 1. The van der Waals surface area contributed by atoms with Crippen molar-refractivity contribution >= 4 is 28.7 Å². The Morgan fingerprint density at radius 3 is 2.50 bits per heavy atom. The molecule has 0 fully saturated rings. The van der Waals surface area contributed by atoms with Gasteiger partial charge in [0.05, 0.1) is 23.8 Å². The van der Waals surface area contributed by atoms with Gasteiger partial charge in [0, 0.05) is 59.2 Å². The second-order valence-corrected chi connectivity index (χ2v) is 8.07. The van der Waals surface area contributed by atoms with E-state index in [9.17, 15) is 4.79 Å². The molecule has 0 unspecified atom stereocenters. The smallest absolute Gasteiger partial charge is 0.228 e. The lowest BCUT2D eigenvalue weighted by molar-refractivity contribution is -0.115. The number of carbonyl (C=O) groups is 1. The highest BCUT2D eigenvalue weighted by molar-refractivity contribution is 6.30. The van der Waals surface area contributed by atoms with Crippen LogP contribution < -0.4 is 5.32 Å². The highest BCUT2D eigenvalue weighted by atomic mass is 35.5. The first-order chi connectivity index (χ1) is 15.5. The first kappa shape index (κ1) is 20.0. The highest BCUT2D eigenvalue weighted by Crippen LogP contribution is 2.29. The van der Waals surface area contributed by atoms with E-state index in [2.05, 4.69) is 32.1 Å². The fourth-order valence-corrected chi connectivity index (χ4v) is 3.82. The monoisotopic (exact) mass is 441 g/mol. The second kappa shape index (κ2) is 8.32. The van der Waals surface area contributed by atoms with E-state index in [0.29, 0.717) is 11.4 Å². The number of hydrogen-bond donors (Lipinski definition) is 1. The molecular weight excluding hydrogens is 422 g/mol. The number of fused-ring (bicyclic) bond motifs is 1. The molecule has 0 spiro atoms. The summed E-state index contributed by atoms with van der Waals surface area (Å²) in [5.41, 5.74) is 6.65. The third-order valence-corrected chi connectivity index (χ3v) is 5.53. The number of carbonyl (C=O) groups excluding carboxylic acids is 1. The maximum absolute atomic E-state index is 12.4. The zero-order chi connectivity index (χ0) is 22.1. The van der Waals surface area contributed by atoms with Crippen LogP contribution in [0.1, 0.15) is 5.56 Å². The molecule has 32 heavy (non-hydrogen) atoms. The van der Waals surface area contributed by atoms with Gasteiger partial charge in [0.1, 0.15) is 0 Å². The molecule has 0 aliphatic carbocycles. The van der Waals surface area contributed by atoms with Gasteiger partial charge >= 0.3 is 0 Å². The van der Waals surface area contributed by atoms with Crippen molar-refractivity contribution in [3.05, 3.63) is 96.2 Å². The summed E-state index contributed by atoms with van der Waals surface area (Å²) in [4.78, 5) is 17.0. The van der Waals surface area contributed by atoms with Crippen molar-refractivity contribution < 1.29 is 4.79 Å². The van der Waals surface area contributed by atoms with E-state index in [0.717, 1.165) is 39.2 Å². The molecule has 0 bridgehead atoms. The van der Waals surface area contributed by atoms with Crippen molar-refractivity contribution in [2.24, 2.45) is 7.05 Å². The summed E-state index contributed by atoms with van der Waals surface area (Å²) < 4.78 is 3.85. The molecule has 3 aromatic heterocycles. The molecular formula is C25H20ClN5O. The van der Waals surface area contributed by atoms with E-state index < -0.39 is 0 Å². The quantitative estimate of drug-likeness (QED) is 0.406. The van der Waals surface area contributed by atoms with E-state index in [4.69, 9.17) is 11.6 Å². The lowest BCUT2D eigenvalue weighted by atomic mass is 10.1. The Hall–Kier alpha value is -3.90. The summed E-state index contributed by atoms with van der Waals surface area (Å²) >= 11 is 5.90. The van der Waals surface area contributed by atoms with Crippen LogP contribution in [0.5, 0.6) is 0 Å². The number of benzene rings is 2. The number of rotatable bonds is 5. The van der Waals surface area contributed by atoms with Crippen molar-refractivity contribution in [2.45, 2.75) is 6.42 Å². The third-order valence-electron chi connectivity index (χ3n) is 5.28. The molecule has 0 atom stereocenters. The minimum atomic E-state index is -0.0759. The number of hydrogen-bond acceptors (Lipinski definition) is 3. The number of nitrogens with one attached hydrogen (secondary N) is 1. The zero-order valence-corrected chi connectivity index (χ0v) is 18.1. The average Bonchev–Trinajstić information content (AvgIpc) is 3.42. The van der Waals surface area contributed by atoms with Gasteiger partial charge in [-0.15, -0.1) is 0 Å². The third kappa shape index (κ3) is 4.13. The molecule has 1 N–H and O–H groups in total. The number of nitrogens with zero attached hydrogens (tertiary/aromatic N) is 4. The molecule has 7 heteroatoms. The van der Waals surface area contributed by atoms with E-state index in [1.54, 1.807) is 23.0 Å². The first-order valence-electron chi connectivity index (χ1n) is 10.2. The average molecular weight is 442 g/mol. The number of amides is 1. The molecule has 3 heterocycles. The largest absolute Gasteiger partial charge is 0.326 e. The Bertz CT molecular complexity index is 1400. The van der Waals surface area contributed by atoms with Crippen molar-refractivity contribution in [1.82, 2.24) is 19.2 Å². The molecule has 2 aromatic carbocycles. The van der Waals surface area contributed by atoms with Gasteiger partial charge in [-0.2, -0.15) is 5.10 Å². The van der Waals surface area contributed by atoms with Gasteiger partial charge < -0.3 is 9.72 Å². The fourth-order valence-electron chi connectivity index (χ4n) is 3.69. The number of aryl methyl sites for hydroxylation is 1. The fraction of sp³-hybridized carbons (Fsp3) is 0.0800. The normalized spacial score (nSPS) is 11.1. The highest BCUT2D eigenvalue weighted by Gasteiger charge is 2.11. The topological polar surface area (TPSA) is 64.2 Å². The molecule has 0 radical (unpaired) electrons. The molecule has 5 aromatic rings. The van der Waals surface area contributed by atoms with Crippen molar-refractivity contribution in [1.29, 1.82) is 0 Å². The minimum absolute atomic E-state index is 0.0759. The predicted molar refractivity (Wildman–Crippen MR) is 127 cm³/mol. The molecule has 0 saturated heterocycles. The molecule has 1 amide bonds. The van der Waals surface area contributed by atoms with Gasteiger partial charge in [-0.1, -0.05) is 35.9 Å². The van der Waals surface area contributed by atoms with Crippen LogP contribution in [0.4, 0.5) is 5.69 Å². The standard InChI is InChI=1S/C25H20ClN5O/c1-30-15-20(14-28-30)19-13-23-25(27-10-11-31(23)16-19)18-4-8-22(9-5-18)29-24(32)12-17-2-6-21(26)7-3-17/h2-11,13-16H,12H2,1H3,(H,29,32). The predicted octanol–water partition coefficient (Wildman–Crippen LogP) is 5.24. The van der Waals surface area contributed by atoms with Crippen LogP contribution in [0.25, 0.3) is 27.9 Å². The Labute approximate surface area is 190 Å². The van der Waals surface area contributed by atoms with Gasteiger partial charge in [0.25, 0.3) is 0 Å². The Morgan fingerprint density at radius 2 is 1.78 bits per heavy atom. The van der Waals surface area contributed by atoms with Crippen molar-refractivity contribution in [3.63, 3.8) is 0 Å². The van der Waals surface area contributed by atoms with E-state index in [-0.39, 0.29) is 5.91 Å². The summed E-state index contributed by atoms with van der Waals surface area (Å²) in [6.45, 7) is 0. The summed E-state index contributed by atoms with van der Waals surface area (Å²) in [7, 11) is 1.90. The van der Waals surface area contributed by atoms with Crippen molar-refractivity contribution in [3.8, 4) is 22.4 Å². The maximum Gasteiger partial charge on any atom is 0.228 e. The minimum Gasteiger partial charge on any atom is -0.326 e. The Morgan fingerprint density at radius 1 is 1.00 bits per heavy atom. The molecule has 0 aliphatic rings. The zero-order valence-electron chi connectivity index (χ0n) is 17.4. The molecule has 5 rings (SSSR count). The van der Waals surface area contributed by atoms with Gasteiger partial charge in [-0.05, 0) is 35.9 Å². The lowest BCUT2D eigenvalue weighted by Crippen LogP contribution is -2.14. The van der Waals surface area contributed by atoms with Crippen LogP contribution >= 0.6 is 11.6 Å². The van der Waals surface area contributed by atoms with Crippen LogP contribution in [0.15, 0.2) is 85.6 Å². The SMILES string of the molecule is Cn1cc(-c2cc3c(-c4ccc(NC(=O)Cc5ccc(Cl)cc5)cc4)nccn3c2)cn1. The van der Waals surface area contributed by atoms with Gasteiger partial charge in [0.2, 0.25) is 5.91 Å². The maximum atomic E-state index is 12.4. The number of aromatic nitrogens is 4. The van der Waals surface area contributed by atoms with E-state index in [1.807, 2.05) is 62.0 Å². The summed E-state index contributed by atoms with van der Waals surface area (Å²) in [5, 5.41) is 7.86. The van der Waals surface area contributed by atoms with Crippen LogP contribution in [-0.2, 0) is 18.3 Å². The Kier molecular flexibility index (Phi) is 5.21. The van der Waals surface area contributed by atoms with E-state index in [1.165, 1.54) is 0 Å². The molecule has 0 aliphatic heterocycles. The summed E-state index contributed by atoms with van der Waals surface area (Å²) in [6.07, 6.45) is 9.93. The number of halogens is 1. The van der Waals surface area contributed by atoms with Crippen LogP contribution in [-0.4, -0.2) is 25.1 Å². The van der Waals surface area contributed by atoms with Gasteiger partial charge in [-0.3, -0.25) is 14.5 Å². The van der Waals surface area contributed by atoms with Crippen molar-refractivity contribution in [2.75, 3.05) is 5.32 Å². The molecule has 0 saturated carbocycles. The summed E-state index contributed by atoms with van der Waals surface area (Å²) in [6, 6.07) is 17.1. The lowest BCUT2D eigenvalue weighted by Gasteiger charge is -2.08. The van der Waals surface area contributed by atoms with Crippen LogP contribution in [0.2, 0.25) is 5.02 Å². The molecule has 158 valence electrons. The first-order valence-corrected chi connectivity index (χ1v) is 10.5. The van der Waals surface area contributed by atoms with E-state index >= 15 is 0 Å². The van der Waals surface area contributed by atoms with Crippen LogP contribution in [0, 0.1) is 0 Å². The molecule has 6 nitrogen and oxygen atoms in total. The van der Waals surface area contributed by atoms with Crippen LogP contribution in [0.3, 0.4) is 0 Å². The second-order valence-electron chi connectivity index (χ2n) is 7.63. The Balaban J connectivity index is 1.36. The summed E-state index contributed by atoms with van der Waals surface area (Å²) in [5.74, 6) is -0.0759. The van der Waals surface area contributed by atoms with Gasteiger partial charge in [-0.25, -0.2) is 0 Å².